The minimum absolute atomic E-state index is 0.00458. The average Bonchev–Trinajstić information content (AvgIpc) is 3.16. The number of hydrogen-bond acceptors (Lipinski definition) is 5. The summed E-state index contributed by atoms with van der Waals surface area (Å²) in [4.78, 5) is 11.6. The fourth-order valence-corrected chi connectivity index (χ4v) is 7.14. The van der Waals surface area contributed by atoms with Gasteiger partial charge in [0.2, 0.25) is 10.0 Å². The van der Waals surface area contributed by atoms with Gasteiger partial charge in [0.15, 0.2) is 4.90 Å². The lowest BCUT2D eigenvalue weighted by molar-refractivity contribution is -0.387. The van der Waals surface area contributed by atoms with E-state index in [2.05, 4.69) is 20.8 Å². The van der Waals surface area contributed by atoms with E-state index in [4.69, 9.17) is 0 Å². The molecular weight excluding hydrogens is 408 g/mol. The van der Waals surface area contributed by atoms with E-state index in [-0.39, 0.29) is 27.3 Å². The monoisotopic (exact) mass is 434 g/mol. The SMILES string of the molecule is CC(C)(C)[C@H](Sc1ccccc1)[C@@H]1CCCN1S(=O)(=O)c1ccccc1[N+](=O)[O-]. The molecule has 0 unspecified atom stereocenters. The Morgan fingerprint density at radius 1 is 1.10 bits per heavy atom. The summed E-state index contributed by atoms with van der Waals surface area (Å²) in [5.41, 5.74) is -0.535. The van der Waals surface area contributed by atoms with Crippen LogP contribution in [0.2, 0.25) is 0 Å². The first-order valence-electron chi connectivity index (χ1n) is 9.59. The molecule has 1 aliphatic heterocycles. The number of benzene rings is 2. The van der Waals surface area contributed by atoms with Crippen LogP contribution in [0.3, 0.4) is 0 Å². The molecule has 3 rings (SSSR count). The largest absolute Gasteiger partial charge is 0.289 e. The van der Waals surface area contributed by atoms with Gasteiger partial charge in [-0.2, -0.15) is 4.31 Å². The number of nitro benzene ring substituents is 1. The molecule has 1 fully saturated rings. The maximum atomic E-state index is 13.5. The van der Waals surface area contributed by atoms with E-state index in [1.54, 1.807) is 11.8 Å². The Balaban J connectivity index is 2.00. The highest BCUT2D eigenvalue weighted by molar-refractivity contribution is 8.00. The van der Waals surface area contributed by atoms with E-state index in [9.17, 15) is 18.5 Å². The van der Waals surface area contributed by atoms with Crippen molar-refractivity contribution in [2.75, 3.05) is 6.54 Å². The van der Waals surface area contributed by atoms with Crippen LogP contribution >= 0.6 is 11.8 Å². The molecule has 0 N–H and O–H groups in total. The Labute approximate surface area is 176 Å². The second kappa shape index (κ2) is 8.45. The van der Waals surface area contributed by atoms with E-state index in [0.29, 0.717) is 6.54 Å². The lowest BCUT2D eigenvalue weighted by Gasteiger charge is -2.38. The smallest absolute Gasteiger partial charge is 0.258 e. The molecule has 0 radical (unpaired) electrons. The predicted octanol–water partition coefficient (Wildman–Crippen LogP) is 4.95. The number of hydrogen-bond donors (Lipinski definition) is 0. The lowest BCUT2D eigenvalue weighted by atomic mass is 9.87. The Morgan fingerprint density at radius 2 is 1.72 bits per heavy atom. The highest BCUT2D eigenvalue weighted by Crippen LogP contribution is 2.44. The van der Waals surface area contributed by atoms with Crippen LogP contribution in [-0.2, 0) is 10.0 Å². The van der Waals surface area contributed by atoms with Crippen LogP contribution in [0.5, 0.6) is 0 Å². The third kappa shape index (κ3) is 4.65. The van der Waals surface area contributed by atoms with Gasteiger partial charge in [-0.05, 0) is 36.5 Å². The molecule has 8 heteroatoms. The first-order chi connectivity index (χ1) is 13.6. The van der Waals surface area contributed by atoms with Crippen molar-refractivity contribution in [2.45, 2.75) is 54.7 Å². The third-order valence-corrected chi connectivity index (χ3v) is 8.90. The van der Waals surface area contributed by atoms with E-state index < -0.39 is 14.9 Å². The van der Waals surface area contributed by atoms with Crippen molar-refractivity contribution in [3.8, 4) is 0 Å². The second-order valence-corrected chi connectivity index (χ2v) is 11.3. The molecule has 6 nitrogen and oxygen atoms in total. The Kier molecular flexibility index (Phi) is 6.36. The molecule has 156 valence electrons. The van der Waals surface area contributed by atoms with Gasteiger partial charge < -0.3 is 0 Å². The van der Waals surface area contributed by atoms with Gasteiger partial charge in [-0.1, -0.05) is 51.1 Å². The van der Waals surface area contributed by atoms with Crippen LogP contribution in [0.4, 0.5) is 5.69 Å². The molecular formula is C21H26N2O4S2. The molecule has 0 aromatic heterocycles. The van der Waals surface area contributed by atoms with Crippen LogP contribution in [0.15, 0.2) is 64.4 Å². The molecule has 1 aliphatic rings. The summed E-state index contributed by atoms with van der Waals surface area (Å²) in [5.74, 6) is 0. The van der Waals surface area contributed by atoms with E-state index >= 15 is 0 Å². The summed E-state index contributed by atoms with van der Waals surface area (Å²) in [6.07, 6.45) is 1.48. The molecule has 0 amide bonds. The first kappa shape index (κ1) is 21.8. The van der Waals surface area contributed by atoms with Crippen molar-refractivity contribution in [2.24, 2.45) is 5.41 Å². The van der Waals surface area contributed by atoms with Crippen molar-refractivity contribution in [1.82, 2.24) is 4.31 Å². The Bertz CT molecular complexity index is 972. The molecule has 2 aromatic carbocycles. The summed E-state index contributed by atoms with van der Waals surface area (Å²) in [6, 6.07) is 15.3. The van der Waals surface area contributed by atoms with Gasteiger partial charge in [0.1, 0.15) is 0 Å². The first-order valence-corrected chi connectivity index (χ1v) is 11.9. The zero-order chi connectivity index (χ0) is 21.2. The van der Waals surface area contributed by atoms with Gasteiger partial charge in [0.25, 0.3) is 5.69 Å². The van der Waals surface area contributed by atoms with Crippen molar-refractivity contribution >= 4 is 27.5 Å². The summed E-state index contributed by atoms with van der Waals surface area (Å²) >= 11 is 1.68. The quantitative estimate of drug-likeness (QED) is 0.365. The van der Waals surface area contributed by atoms with Crippen molar-refractivity contribution in [1.29, 1.82) is 0 Å². The zero-order valence-electron chi connectivity index (χ0n) is 16.8. The van der Waals surface area contributed by atoms with Gasteiger partial charge in [-0.25, -0.2) is 8.42 Å². The minimum Gasteiger partial charge on any atom is -0.258 e. The molecule has 29 heavy (non-hydrogen) atoms. The molecule has 0 saturated carbocycles. The molecule has 0 aliphatic carbocycles. The van der Waals surface area contributed by atoms with Gasteiger partial charge in [-0.3, -0.25) is 10.1 Å². The lowest BCUT2D eigenvalue weighted by Crippen LogP contribution is -2.46. The van der Waals surface area contributed by atoms with Gasteiger partial charge in [-0.15, -0.1) is 11.8 Å². The van der Waals surface area contributed by atoms with E-state index in [1.165, 1.54) is 28.6 Å². The normalized spacial score (nSPS) is 19.2. The minimum atomic E-state index is -3.98. The van der Waals surface area contributed by atoms with Gasteiger partial charge in [0, 0.05) is 28.8 Å². The van der Waals surface area contributed by atoms with Crippen LogP contribution in [0.1, 0.15) is 33.6 Å². The highest BCUT2D eigenvalue weighted by Gasteiger charge is 2.45. The third-order valence-electron chi connectivity index (χ3n) is 5.11. The number of nitrogens with zero attached hydrogens (tertiary/aromatic N) is 2. The highest BCUT2D eigenvalue weighted by atomic mass is 32.2. The molecule has 1 heterocycles. The fraction of sp³-hybridized carbons (Fsp3) is 0.429. The maximum absolute atomic E-state index is 13.5. The number of sulfonamides is 1. The van der Waals surface area contributed by atoms with Crippen molar-refractivity contribution < 1.29 is 13.3 Å². The van der Waals surface area contributed by atoms with Crippen molar-refractivity contribution in [3.63, 3.8) is 0 Å². The topological polar surface area (TPSA) is 80.5 Å². The fourth-order valence-electron chi connectivity index (χ4n) is 3.80. The Morgan fingerprint density at radius 3 is 2.34 bits per heavy atom. The van der Waals surface area contributed by atoms with Crippen molar-refractivity contribution in [3.05, 3.63) is 64.7 Å². The van der Waals surface area contributed by atoms with Crippen LogP contribution in [0, 0.1) is 15.5 Å². The number of nitro groups is 1. The van der Waals surface area contributed by atoms with Gasteiger partial charge >= 0.3 is 0 Å². The average molecular weight is 435 g/mol. The summed E-state index contributed by atoms with van der Waals surface area (Å²) in [6.45, 7) is 6.71. The zero-order valence-corrected chi connectivity index (χ0v) is 18.4. The van der Waals surface area contributed by atoms with E-state index in [1.807, 2.05) is 30.3 Å². The summed E-state index contributed by atoms with van der Waals surface area (Å²) < 4.78 is 28.4. The predicted molar refractivity (Wildman–Crippen MR) is 116 cm³/mol. The van der Waals surface area contributed by atoms with Crippen LogP contribution in [-0.4, -0.2) is 35.5 Å². The summed E-state index contributed by atoms with van der Waals surface area (Å²) in [7, 11) is -3.98. The summed E-state index contributed by atoms with van der Waals surface area (Å²) in [5, 5.41) is 11.4. The van der Waals surface area contributed by atoms with E-state index in [0.717, 1.165) is 17.7 Å². The standard InChI is InChI=1S/C21H26N2O4S2/c1-21(2,3)20(28-16-10-5-4-6-11-16)18-13-9-15-22(18)29(26,27)19-14-8-7-12-17(19)23(24)25/h4-8,10-12,14,18,20H,9,13,15H2,1-3H3/t18-,20+/m0/s1. The molecule has 0 bridgehead atoms. The Hall–Kier alpha value is -1.90. The van der Waals surface area contributed by atoms with Crippen LogP contribution in [0.25, 0.3) is 0 Å². The molecule has 2 atom stereocenters. The number of para-hydroxylation sites is 1. The second-order valence-electron chi connectivity index (χ2n) is 8.27. The number of thioether (sulfide) groups is 1. The van der Waals surface area contributed by atoms with Crippen LogP contribution < -0.4 is 0 Å². The molecule has 1 saturated heterocycles. The number of rotatable bonds is 6. The molecule has 0 spiro atoms. The molecule has 2 aromatic rings. The van der Waals surface area contributed by atoms with Gasteiger partial charge in [0.05, 0.1) is 4.92 Å². The maximum Gasteiger partial charge on any atom is 0.289 e.